The van der Waals surface area contributed by atoms with Crippen LogP contribution in [0.2, 0.25) is 0 Å². The Bertz CT molecular complexity index is 3130. The van der Waals surface area contributed by atoms with E-state index in [-0.39, 0.29) is 0 Å². The van der Waals surface area contributed by atoms with Crippen LogP contribution < -0.4 is 0 Å². The van der Waals surface area contributed by atoms with Crippen molar-refractivity contribution in [3.05, 3.63) is 170 Å². The molecular weight excluding hydrogens is 625 g/mol. The van der Waals surface area contributed by atoms with Gasteiger partial charge in [0.2, 0.25) is 0 Å². The third-order valence-corrected chi connectivity index (χ3v) is 10.2. The summed E-state index contributed by atoms with van der Waals surface area (Å²) in [5.41, 5.74) is 12.8. The molecule has 0 N–H and O–H groups in total. The van der Waals surface area contributed by atoms with E-state index in [1.54, 1.807) is 0 Å². The number of furan rings is 2. The molecule has 0 amide bonds. The molecule has 7 aromatic carbocycles. The molecule has 0 saturated heterocycles. The molecule has 0 atom stereocenters. The fraction of sp³-hybridized carbons (Fsp3) is 0. The molecule has 4 heterocycles. The van der Waals surface area contributed by atoms with Crippen LogP contribution in [0.5, 0.6) is 0 Å². The van der Waals surface area contributed by atoms with Crippen molar-refractivity contribution in [1.82, 2.24) is 9.55 Å². The number of nitrogens with zero attached hydrogens (tertiary/aromatic N) is 2. The Hall–Kier alpha value is -6.91. The molecule has 0 radical (unpaired) electrons. The van der Waals surface area contributed by atoms with Gasteiger partial charge in [-0.25, -0.2) is 4.98 Å². The predicted octanol–water partition coefficient (Wildman–Crippen LogP) is 13.0. The van der Waals surface area contributed by atoms with Crippen LogP contribution in [0.3, 0.4) is 0 Å². The summed E-state index contributed by atoms with van der Waals surface area (Å²) in [6.45, 7) is 0. The zero-order valence-corrected chi connectivity index (χ0v) is 27.4. The summed E-state index contributed by atoms with van der Waals surface area (Å²) < 4.78 is 15.5. The quantitative estimate of drug-likeness (QED) is 0.190. The third kappa shape index (κ3) is 4.23. The molecule has 11 rings (SSSR count). The average molecular weight is 653 g/mol. The van der Waals surface area contributed by atoms with Crippen molar-refractivity contribution in [3.63, 3.8) is 0 Å². The minimum atomic E-state index is 0.830. The highest BCUT2D eigenvalue weighted by Crippen LogP contribution is 2.43. The van der Waals surface area contributed by atoms with Crippen molar-refractivity contribution in [2.75, 3.05) is 0 Å². The maximum atomic E-state index is 7.03. The Morgan fingerprint density at radius 1 is 0.392 bits per heavy atom. The van der Waals surface area contributed by atoms with Gasteiger partial charge in [-0.1, -0.05) is 97.1 Å². The number of hydrogen-bond acceptors (Lipinski definition) is 3. The fourth-order valence-corrected chi connectivity index (χ4v) is 7.86. The molecular formula is C47H28N2O2. The van der Waals surface area contributed by atoms with E-state index < -0.39 is 0 Å². The summed E-state index contributed by atoms with van der Waals surface area (Å²) in [5.74, 6) is 0. The number of pyridine rings is 1. The van der Waals surface area contributed by atoms with E-state index in [0.29, 0.717) is 0 Å². The van der Waals surface area contributed by atoms with Crippen LogP contribution in [-0.4, -0.2) is 9.55 Å². The van der Waals surface area contributed by atoms with E-state index in [9.17, 15) is 0 Å². The van der Waals surface area contributed by atoms with Gasteiger partial charge in [0.1, 0.15) is 22.3 Å². The first-order valence-corrected chi connectivity index (χ1v) is 17.2. The largest absolute Gasteiger partial charge is 0.456 e. The molecule has 0 spiro atoms. The number of para-hydroxylation sites is 4. The normalized spacial score (nSPS) is 11.9. The maximum absolute atomic E-state index is 7.03. The summed E-state index contributed by atoms with van der Waals surface area (Å²) in [6, 6.07) is 59.4. The van der Waals surface area contributed by atoms with E-state index >= 15 is 0 Å². The Labute approximate surface area is 292 Å². The van der Waals surface area contributed by atoms with Crippen molar-refractivity contribution >= 4 is 65.7 Å². The molecule has 51 heavy (non-hydrogen) atoms. The SMILES string of the molecule is c1ccc(-c2cc(-c3ccc4oc5ccccc5c4c3)nc(-c3cccc4c3oc3c4ccc4c3c3ccccc3n4-c3ccccc3)c2)cc1. The first-order chi connectivity index (χ1) is 25.3. The summed E-state index contributed by atoms with van der Waals surface area (Å²) in [6.07, 6.45) is 0. The number of benzene rings is 7. The zero-order chi connectivity index (χ0) is 33.5. The molecule has 4 aromatic heterocycles. The van der Waals surface area contributed by atoms with Crippen LogP contribution in [0.1, 0.15) is 0 Å². The van der Waals surface area contributed by atoms with Gasteiger partial charge in [0.25, 0.3) is 0 Å². The second-order valence-corrected chi connectivity index (χ2v) is 13.1. The highest BCUT2D eigenvalue weighted by Gasteiger charge is 2.21. The molecule has 238 valence electrons. The second kappa shape index (κ2) is 10.8. The monoisotopic (exact) mass is 652 g/mol. The Balaban J connectivity index is 1.17. The van der Waals surface area contributed by atoms with Gasteiger partial charge in [-0.2, -0.15) is 0 Å². The van der Waals surface area contributed by atoms with Crippen LogP contribution >= 0.6 is 0 Å². The highest BCUT2D eigenvalue weighted by molar-refractivity contribution is 6.24. The predicted molar refractivity (Wildman–Crippen MR) is 209 cm³/mol. The molecule has 0 bridgehead atoms. The molecule has 4 heteroatoms. The Morgan fingerprint density at radius 3 is 1.98 bits per heavy atom. The van der Waals surface area contributed by atoms with Crippen LogP contribution in [0.15, 0.2) is 179 Å². The van der Waals surface area contributed by atoms with Crippen LogP contribution in [0.4, 0.5) is 0 Å². The minimum absolute atomic E-state index is 0.830. The van der Waals surface area contributed by atoms with Crippen molar-refractivity contribution < 1.29 is 8.83 Å². The van der Waals surface area contributed by atoms with Gasteiger partial charge in [0.05, 0.1) is 27.8 Å². The van der Waals surface area contributed by atoms with Crippen LogP contribution in [0, 0.1) is 0 Å². The summed E-state index contributed by atoms with van der Waals surface area (Å²) >= 11 is 0. The minimum Gasteiger partial charge on any atom is -0.456 e. The van der Waals surface area contributed by atoms with Gasteiger partial charge in [-0.15, -0.1) is 0 Å². The average Bonchev–Trinajstić information content (AvgIpc) is 3.87. The smallest absolute Gasteiger partial charge is 0.145 e. The molecule has 0 fully saturated rings. The number of hydrogen-bond donors (Lipinski definition) is 0. The molecule has 11 aromatic rings. The van der Waals surface area contributed by atoms with Crippen molar-refractivity contribution in [2.45, 2.75) is 0 Å². The summed E-state index contributed by atoms with van der Waals surface area (Å²) in [4.78, 5) is 5.35. The first kappa shape index (κ1) is 28.0. The van der Waals surface area contributed by atoms with Gasteiger partial charge in [0.15, 0.2) is 0 Å². The Kier molecular flexibility index (Phi) is 5.92. The second-order valence-electron chi connectivity index (χ2n) is 13.1. The maximum Gasteiger partial charge on any atom is 0.145 e. The lowest BCUT2D eigenvalue weighted by molar-refractivity contribution is 0.669. The molecule has 4 nitrogen and oxygen atoms in total. The number of rotatable bonds is 4. The van der Waals surface area contributed by atoms with Crippen LogP contribution in [-0.2, 0) is 0 Å². The van der Waals surface area contributed by atoms with E-state index in [1.165, 1.54) is 0 Å². The third-order valence-electron chi connectivity index (χ3n) is 10.2. The van der Waals surface area contributed by atoms with Crippen molar-refractivity contribution in [3.8, 4) is 39.3 Å². The van der Waals surface area contributed by atoms with Crippen molar-refractivity contribution in [2.24, 2.45) is 0 Å². The van der Waals surface area contributed by atoms with Gasteiger partial charge in [-0.3, -0.25) is 0 Å². The standard InChI is InChI=1S/C47H28N2O2/c1-3-12-29(13-4-1)31-27-39(30-22-25-44-38(26-30)33-16-8-10-21-43(33)50-44)48-40(28-31)36-19-11-18-34-35-23-24-42-45(47(35)51-46(34)36)37-17-7-9-20-41(37)49(42)32-14-5-2-6-15-32/h1-28H. The van der Waals surface area contributed by atoms with Gasteiger partial charge in [-0.05, 0) is 83.9 Å². The lowest BCUT2D eigenvalue weighted by atomic mass is 9.98. The molecule has 0 aliphatic heterocycles. The Morgan fingerprint density at radius 2 is 1.10 bits per heavy atom. The highest BCUT2D eigenvalue weighted by atomic mass is 16.3. The first-order valence-electron chi connectivity index (χ1n) is 17.2. The van der Waals surface area contributed by atoms with E-state index in [4.69, 9.17) is 13.8 Å². The molecule has 0 aliphatic rings. The topological polar surface area (TPSA) is 44.1 Å². The molecule has 0 saturated carbocycles. The van der Waals surface area contributed by atoms with E-state index in [0.717, 1.165) is 105 Å². The molecule has 0 unspecified atom stereocenters. The number of aromatic nitrogens is 2. The lowest BCUT2D eigenvalue weighted by Crippen LogP contribution is -1.92. The fourth-order valence-electron chi connectivity index (χ4n) is 7.86. The zero-order valence-electron chi connectivity index (χ0n) is 27.4. The van der Waals surface area contributed by atoms with Gasteiger partial charge in [0, 0.05) is 43.7 Å². The number of fused-ring (bicyclic) bond motifs is 10. The van der Waals surface area contributed by atoms with E-state index in [1.807, 2.05) is 12.1 Å². The lowest BCUT2D eigenvalue weighted by Gasteiger charge is -2.11. The van der Waals surface area contributed by atoms with Gasteiger partial charge < -0.3 is 13.4 Å². The molecule has 0 aliphatic carbocycles. The summed E-state index contributed by atoms with van der Waals surface area (Å²) in [7, 11) is 0. The summed E-state index contributed by atoms with van der Waals surface area (Å²) in [5, 5.41) is 6.61. The van der Waals surface area contributed by atoms with Crippen molar-refractivity contribution in [1.29, 1.82) is 0 Å². The van der Waals surface area contributed by atoms with E-state index in [2.05, 4.69) is 162 Å². The van der Waals surface area contributed by atoms with Gasteiger partial charge >= 0.3 is 0 Å². The van der Waals surface area contributed by atoms with Crippen LogP contribution in [0.25, 0.3) is 105 Å².